The van der Waals surface area contributed by atoms with E-state index in [1.165, 1.54) is 43.0 Å². The lowest BCUT2D eigenvalue weighted by Gasteiger charge is -2.35. The van der Waals surface area contributed by atoms with Crippen LogP contribution in [0.15, 0.2) is 170 Å². The van der Waals surface area contributed by atoms with Crippen molar-refractivity contribution in [3.63, 3.8) is 0 Å². The first-order valence-corrected chi connectivity index (χ1v) is 14.8. The van der Waals surface area contributed by atoms with Crippen molar-refractivity contribution in [2.45, 2.75) is 0 Å². The van der Waals surface area contributed by atoms with Crippen molar-refractivity contribution in [2.75, 3.05) is 0 Å². The van der Waals surface area contributed by atoms with Crippen LogP contribution in [0.1, 0.15) is 0 Å². The van der Waals surface area contributed by atoms with E-state index in [0.29, 0.717) is 0 Å². The third kappa shape index (κ3) is 4.35. The second-order valence-corrected chi connectivity index (χ2v) is 13.2. The Morgan fingerprint density at radius 1 is 0.243 bits per heavy atom. The van der Waals surface area contributed by atoms with Crippen molar-refractivity contribution >= 4 is 28.8 Å². The minimum Gasteiger partial charge on any atom is -0.0623 e. The van der Waals surface area contributed by atoms with Gasteiger partial charge in [-0.2, -0.15) is 0 Å². The Bertz CT molecular complexity index is 1420. The van der Waals surface area contributed by atoms with Crippen LogP contribution in [0, 0.1) is 0 Å². The largest absolute Gasteiger partial charge is 0.179 e. The molecule has 0 fully saturated rings. The molecule has 0 bridgehead atoms. The number of hydrogen-bond donors (Lipinski definition) is 0. The molecule has 0 aliphatic rings. The molecule has 0 saturated carbocycles. The third-order valence-electron chi connectivity index (χ3n) is 7.20. The summed E-state index contributed by atoms with van der Waals surface area (Å²) in [5.41, 5.74) is 4.96. The Labute approximate surface area is 220 Å². The molecular formula is C36H28Si. The molecule has 0 nitrogen and oxygen atoms in total. The molecule has 6 aromatic carbocycles. The van der Waals surface area contributed by atoms with E-state index in [0.717, 1.165) is 0 Å². The lowest BCUT2D eigenvalue weighted by Crippen LogP contribution is -2.74. The molecule has 0 unspecified atom stereocenters. The summed E-state index contributed by atoms with van der Waals surface area (Å²) in [6.45, 7) is 0. The van der Waals surface area contributed by atoms with E-state index in [2.05, 4.69) is 170 Å². The molecule has 0 aromatic heterocycles. The molecule has 6 rings (SSSR count). The van der Waals surface area contributed by atoms with Gasteiger partial charge in [0.15, 0.2) is 8.07 Å². The topological polar surface area (TPSA) is 0 Å². The van der Waals surface area contributed by atoms with Gasteiger partial charge in [0.05, 0.1) is 0 Å². The summed E-state index contributed by atoms with van der Waals surface area (Å²) < 4.78 is 0. The fourth-order valence-electron chi connectivity index (χ4n) is 5.50. The molecular weight excluding hydrogens is 460 g/mol. The van der Waals surface area contributed by atoms with Gasteiger partial charge in [0.25, 0.3) is 0 Å². The van der Waals surface area contributed by atoms with Gasteiger partial charge in [-0.05, 0) is 49.1 Å². The molecule has 0 radical (unpaired) electrons. The lowest BCUT2D eigenvalue weighted by atomic mass is 9.99. The summed E-state index contributed by atoms with van der Waals surface area (Å²) in [6.07, 6.45) is 0. The maximum Gasteiger partial charge on any atom is 0.179 e. The smallest absolute Gasteiger partial charge is 0.0623 e. The van der Waals surface area contributed by atoms with Gasteiger partial charge in [0, 0.05) is 0 Å². The molecule has 37 heavy (non-hydrogen) atoms. The molecule has 0 atom stereocenters. The summed E-state index contributed by atoms with van der Waals surface area (Å²) in [5, 5.41) is 5.54. The van der Waals surface area contributed by atoms with Crippen LogP contribution < -0.4 is 20.7 Å². The standard InChI is InChI=1S/C36H28Si/c1-6-16-29(17-7-1)31-26-32(30-18-8-2-9-19-30)28-36(27-31)37(33-20-10-3-11-21-33,34-22-12-4-13-23-34)35-24-14-5-15-25-35/h1-28H. The van der Waals surface area contributed by atoms with Crippen molar-refractivity contribution in [1.29, 1.82) is 0 Å². The summed E-state index contributed by atoms with van der Waals surface area (Å²) in [4.78, 5) is 0. The fourth-order valence-corrected chi connectivity index (χ4v) is 10.3. The van der Waals surface area contributed by atoms with Crippen molar-refractivity contribution in [3.05, 3.63) is 170 Å². The average molecular weight is 489 g/mol. The Kier molecular flexibility index (Phi) is 6.37. The fraction of sp³-hybridized carbons (Fsp3) is 0. The Morgan fingerprint density at radius 3 is 0.865 bits per heavy atom. The maximum absolute atomic E-state index is 2.63. The SMILES string of the molecule is c1ccc(-c2cc(-c3ccccc3)cc([Si](c3ccccc3)(c3ccccc3)c3ccccc3)c2)cc1. The molecule has 0 amide bonds. The van der Waals surface area contributed by atoms with Gasteiger partial charge in [-0.25, -0.2) is 0 Å². The number of hydrogen-bond acceptors (Lipinski definition) is 0. The molecule has 0 heterocycles. The predicted octanol–water partition coefficient (Wildman–Crippen LogP) is 6.40. The minimum atomic E-state index is -2.63. The molecule has 0 aliphatic heterocycles. The molecule has 1 heteroatoms. The molecule has 0 spiro atoms. The van der Waals surface area contributed by atoms with Crippen molar-refractivity contribution in [3.8, 4) is 22.3 Å². The van der Waals surface area contributed by atoms with E-state index in [1.807, 2.05) is 0 Å². The van der Waals surface area contributed by atoms with Crippen LogP contribution >= 0.6 is 0 Å². The summed E-state index contributed by atoms with van der Waals surface area (Å²) >= 11 is 0. The highest BCUT2D eigenvalue weighted by atomic mass is 28.3. The van der Waals surface area contributed by atoms with Crippen LogP contribution in [0.25, 0.3) is 22.3 Å². The van der Waals surface area contributed by atoms with Crippen LogP contribution in [-0.2, 0) is 0 Å². The zero-order valence-electron chi connectivity index (χ0n) is 20.7. The Balaban J connectivity index is 1.74. The first kappa shape index (κ1) is 23.0. The second-order valence-electron chi connectivity index (χ2n) is 9.38. The Hall–Kier alpha value is -4.46. The highest BCUT2D eigenvalue weighted by Crippen LogP contribution is 2.27. The van der Waals surface area contributed by atoms with Gasteiger partial charge in [-0.15, -0.1) is 0 Å². The first-order chi connectivity index (χ1) is 18.4. The van der Waals surface area contributed by atoms with Crippen molar-refractivity contribution in [2.24, 2.45) is 0 Å². The third-order valence-corrected chi connectivity index (χ3v) is 12.0. The summed E-state index contributed by atoms with van der Waals surface area (Å²) in [6, 6.07) is 62.2. The van der Waals surface area contributed by atoms with Crippen LogP contribution in [-0.4, -0.2) is 8.07 Å². The second kappa shape index (κ2) is 10.3. The number of rotatable bonds is 6. The minimum absolute atomic E-state index is 1.23. The molecule has 0 saturated heterocycles. The van der Waals surface area contributed by atoms with E-state index in [9.17, 15) is 0 Å². The maximum atomic E-state index is 2.45. The highest BCUT2D eigenvalue weighted by Gasteiger charge is 2.41. The van der Waals surface area contributed by atoms with Gasteiger partial charge < -0.3 is 0 Å². The normalized spacial score (nSPS) is 11.2. The van der Waals surface area contributed by atoms with Gasteiger partial charge in [0.2, 0.25) is 0 Å². The zero-order chi connectivity index (χ0) is 24.9. The van der Waals surface area contributed by atoms with Gasteiger partial charge in [0.1, 0.15) is 0 Å². The van der Waals surface area contributed by atoms with E-state index < -0.39 is 8.07 Å². The molecule has 0 N–H and O–H groups in total. The van der Waals surface area contributed by atoms with Crippen molar-refractivity contribution in [1.82, 2.24) is 0 Å². The van der Waals surface area contributed by atoms with Crippen LogP contribution in [0.5, 0.6) is 0 Å². The summed E-state index contributed by atoms with van der Waals surface area (Å²) in [5.74, 6) is 0. The van der Waals surface area contributed by atoms with E-state index in [1.54, 1.807) is 0 Å². The van der Waals surface area contributed by atoms with E-state index in [-0.39, 0.29) is 0 Å². The molecule has 0 aliphatic carbocycles. The van der Waals surface area contributed by atoms with Crippen LogP contribution in [0.3, 0.4) is 0 Å². The molecule has 6 aromatic rings. The first-order valence-electron chi connectivity index (χ1n) is 12.8. The van der Waals surface area contributed by atoms with Crippen molar-refractivity contribution < 1.29 is 0 Å². The molecule has 176 valence electrons. The number of benzene rings is 6. The van der Waals surface area contributed by atoms with Crippen LogP contribution in [0.2, 0.25) is 0 Å². The van der Waals surface area contributed by atoms with Gasteiger partial charge in [-0.3, -0.25) is 0 Å². The summed E-state index contributed by atoms with van der Waals surface area (Å²) in [7, 11) is -2.63. The van der Waals surface area contributed by atoms with E-state index in [4.69, 9.17) is 0 Å². The monoisotopic (exact) mass is 488 g/mol. The zero-order valence-corrected chi connectivity index (χ0v) is 21.7. The van der Waals surface area contributed by atoms with E-state index >= 15 is 0 Å². The van der Waals surface area contributed by atoms with Crippen LogP contribution in [0.4, 0.5) is 0 Å². The highest BCUT2D eigenvalue weighted by molar-refractivity contribution is 7.20. The quantitative estimate of drug-likeness (QED) is 0.188. The predicted molar refractivity (Wildman–Crippen MR) is 161 cm³/mol. The lowest BCUT2D eigenvalue weighted by molar-refractivity contribution is 1.59. The van der Waals surface area contributed by atoms with Gasteiger partial charge in [-0.1, -0.05) is 164 Å². The Morgan fingerprint density at radius 2 is 0.541 bits per heavy atom. The average Bonchev–Trinajstić information content (AvgIpc) is 3.00. The van der Waals surface area contributed by atoms with Gasteiger partial charge >= 0.3 is 0 Å².